The zero-order chi connectivity index (χ0) is 12.6. The first-order chi connectivity index (χ1) is 7.52. The first-order valence-electron chi connectivity index (χ1n) is 3.78. The summed E-state index contributed by atoms with van der Waals surface area (Å²) in [6.07, 6.45) is 1.38. The van der Waals surface area contributed by atoms with Crippen molar-refractivity contribution in [3.8, 4) is 0 Å². The van der Waals surface area contributed by atoms with Gasteiger partial charge in [0.05, 0.1) is 6.33 Å². The number of nitrogens with one attached hydrogen (secondary N) is 1. The van der Waals surface area contributed by atoms with Gasteiger partial charge in [-0.25, -0.2) is 4.98 Å². The number of hydrogen-bond acceptors (Lipinski definition) is 3. The number of nitrogens with zero attached hydrogens (tertiary/aromatic N) is 4. The zero-order valence-electron chi connectivity index (χ0n) is 8.45. The third-order valence-corrected chi connectivity index (χ3v) is 1.19. The van der Waals surface area contributed by atoms with Crippen LogP contribution in [0.4, 0.5) is 5.82 Å². The molecule has 1 rings (SSSR count). The van der Waals surface area contributed by atoms with Gasteiger partial charge in [0.2, 0.25) is 5.69 Å². The van der Waals surface area contributed by atoms with Gasteiger partial charge in [0, 0.05) is 14.1 Å². The fourth-order valence-corrected chi connectivity index (χ4v) is 0.685. The van der Waals surface area contributed by atoms with Gasteiger partial charge in [-0.05, 0) is 0 Å². The summed E-state index contributed by atoms with van der Waals surface area (Å²) in [5.74, 6) is -0.0531. The molecule has 0 saturated carbocycles. The van der Waals surface area contributed by atoms with Crippen molar-refractivity contribution in [1.29, 1.82) is 0 Å². The van der Waals surface area contributed by atoms with E-state index in [0.717, 1.165) is 13.1 Å². The van der Waals surface area contributed by atoms with Crippen molar-refractivity contribution in [2.75, 3.05) is 14.1 Å². The van der Waals surface area contributed by atoms with Crippen LogP contribution < -0.4 is 5.73 Å². The van der Waals surface area contributed by atoms with Crippen molar-refractivity contribution in [1.82, 2.24) is 15.0 Å². The second-order valence-corrected chi connectivity index (χ2v) is 4.12. The molecule has 1 amide bonds. The molecule has 0 aliphatic carbocycles. The summed E-state index contributed by atoms with van der Waals surface area (Å²) in [7, 11) is 12.8. The second kappa shape index (κ2) is 8.35. The summed E-state index contributed by atoms with van der Waals surface area (Å²) in [5, 5.41) is 8.99. The molecule has 0 spiro atoms. The number of rotatable bonds is 3. The Morgan fingerprint density at radius 2 is 2.19 bits per heavy atom. The van der Waals surface area contributed by atoms with E-state index in [4.69, 9.17) is 10.5 Å². The Kier molecular flexibility index (Phi) is 7.92. The van der Waals surface area contributed by atoms with E-state index < -0.39 is 0 Å². The number of aromatic amines is 1. The zero-order valence-corrected chi connectivity index (χ0v) is 10.9. The van der Waals surface area contributed by atoms with Crippen LogP contribution in [0.5, 0.6) is 0 Å². The first kappa shape index (κ1) is 15.2. The first-order valence-corrected chi connectivity index (χ1v) is 6.37. The molecule has 1 aromatic heterocycles. The van der Waals surface area contributed by atoms with E-state index in [1.165, 1.54) is 11.3 Å². The Labute approximate surface area is 107 Å². The van der Waals surface area contributed by atoms with Gasteiger partial charge >= 0.3 is 39.2 Å². The molecule has 0 aliphatic rings. The molecule has 1 aromatic rings. The number of imidazole rings is 1. The third kappa shape index (κ3) is 5.92. The van der Waals surface area contributed by atoms with Gasteiger partial charge < -0.3 is 10.7 Å². The molecule has 0 bridgehead atoms. The second-order valence-electron chi connectivity index (χ2n) is 2.56. The molecule has 4 N–H and O–H groups in total. The monoisotopic (exact) mass is 316 g/mol. The molecular formula is C6H11Cl2CuN6O+. The number of amides is 1. The van der Waals surface area contributed by atoms with Crippen LogP contribution in [0.1, 0.15) is 5.69 Å². The molecule has 7 nitrogen and oxygen atoms in total. The number of halogens is 2. The Balaban J connectivity index is 0.000000673. The van der Waals surface area contributed by atoms with Crippen molar-refractivity contribution < 1.29 is 17.9 Å². The van der Waals surface area contributed by atoms with Crippen molar-refractivity contribution in [3.05, 3.63) is 12.0 Å². The van der Waals surface area contributed by atoms with Gasteiger partial charge in [-0.2, -0.15) is 0 Å². The van der Waals surface area contributed by atoms with E-state index in [1.807, 2.05) is 0 Å². The van der Waals surface area contributed by atoms with E-state index in [1.54, 1.807) is 14.1 Å². The van der Waals surface area contributed by atoms with E-state index in [2.05, 4.69) is 40.5 Å². The van der Waals surface area contributed by atoms with Crippen LogP contribution in [0.15, 0.2) is 16.7 Å². The number of H-pyrrole nitrogens is 1. The molecule has 0 atom stereocenters. The van der Waals surface area contributed by atoms with Gasteiger partial charge in [0.15, 0.2) is 5.82 Å². The van der Waals surface area contributed by atoms with E-state index in [0.29, 0.717) is 5.82 Å². The van der Waals surface area contributed by atoms with Crippen LogP contribution >= 0.6 is 20.2 Å². The predicted molar refractivity (Wildman–Crippen MR) is 58.7 cm³/mol. The maximum atomic E-state index is 8.96. The summed E-state index contributed by atoms with van der Waals surface area (Å²) in [5.41, 5.74) is 5.34. The molecule has 95 valence electrons. The summed E-state index contributed by atoms with van der Waals surface area (Å²) >= 11 is 0.757. The van der Waals surface area contributed by atoms with Crippen molar-refractivity contribution in [2.45, 2.75) is 0 Å². The van der Waals surface area contributed by atoms with Gasteiger partial charge in [-0.3, -0.25) is 9.80 Å². The summed E-state index contributed by atoms with van der Waals surface area (Å²) in [4.78, 5) is 15.4. The molecule has 0 radical (unpaired) electrons. The van der Waals surface area contributed by atoms with Gasteiger partial charge in [-0.15, -0.1) is 5.11 Å². The summed E-state index contributed by atoms with van der Waals surface area (Å²) < 4.78 is 0. The number of carbonyl (C=O) groups excluding carboxylic acids is 1. The molecule has 0 aliphatic heterocycles. The predicted octanol–water partition coefficient (Wildman–Crippen LogP) is 1.16. The standard InChI is InChI=1S/C6H10N6O.2ClH.Cu/c1-12(2)11-10-6-4(5(7)13)8-3-9-6;;;/h3H,1-2H3,(H2,7,13)(H,8,9);2*1H;/q;;;+2/p-1. The third-order valence-electron chi connectivity index (χ3n) is 1.19. The van der Waals surface area contributed by atoms with E-state index in [9.17, 15) is 0 Å². The molecule has 0 aromatic carbocycles. The average molecular weight is 318 g/mol. The fraction of sp³-hybridized carbons (Fsp3) is 0.333. The van der Waals surface area contributed by atoms with Crippen LogP contribution in [0.2, 0.25) is 0 Å². The summed E-state index contributed by atoms with van der Waals surface area (Å²) in [6, 6.07) is 0. The quantitative estimate of drug-likeness (QED) is 0.378. The molecule has 1 heterocycles. The van der Waals surface area contributed by atoms with Crippen LogP contribution in [-0.2, 0) is 13.1 Å². The van der Waals surface area contributed by atoms with Gasteiger partial charge in [0.25, 0.3) is 0 Å². The number of hydrogen-bond donors (Lipinski definition) is 2. The number of aromatic nitrogens is 2. The van der Waals surface area contributed by atoms with Crippen molar-refractivity contribution in [3.63, 3.8) is 0 Å². The minimum absolute atomic E-state index is 0.200. The van der Waals surface area contributed by atoms with Gasteiger partial charge in [-0.1, -0.05) is 5.22 Å². The molecule has 0 fully saturated rings. The maximum absolute atomic E-state index is 8.96. The van der Waals surface area contributed by atoms with E-state index >= 15 is 0 Å². The van der Waals surface area contributed by atoms with Crippen molar-refractivity contribution >= 4 is 31.9 Å². The minimum atomic E-state index is -0.381. The van der Waals surface area contributed by atoms with Crippen LogP contribution in [0.25, 0.3) is 0 Å². The SMILES string of the molecule is CN(C)N=Nc1[nH]cnc1C(N)=[OH+].[Cl][Cu][Cl]. The summed E-state index contributed by atoms with van der Waals surface area (Å²) in [6.45, 7) is 0. The molecule has 16 heavy (non-hydrogen) atoms. The van der Waals surface area contributed by atoms with Crippen LogP contribution in [0, 0.1) is 0 Å². The number of primary amides is 1. The molecule has 0 saturated heterocycles. The molecular weight excluding hydrogens is 307 g/mol. The number of nitrogens with two attached hydrogens (primary N) is 1. The topological polar surface area (TPSA) is 104 Å². The Morgan fingerprint density at radius 1 is 1.62 bits per heavy atom. The fourth-order valence-electron chi connectivity index (χ4n) is 0.685. The average Bonchev–Trinajstić information content (AvgIpc) is 2.63. The van der Waals surface area contributed by atoms with Crippen LogP contribution in [-0.4, -0.2) is 39.8 Å². The Hall–Kier alpha value is -0.821. The van der Waals surface area contributed by atoms with Crippen molar-refractivity contribution in [2.24, 2.45) is 16.1 Å². The van der Waals surface area contributed by atoms with E-state index in [-0.39, 0.29) is 11.6 Å². The van der Waals surface area contributed by atoms with Crippen LogP contribution in [0.3, 0.4) is 0 Å². The Bertz CT molecular complexity index is 355. The Morgan fingerprint density at radius 3 is 2.62 bits per heavy atom. The molecule has 10 heteroatoms. The normalized spacial score (nSPS) is 10.0. The van der Waals surface area contributed by atoms with Gasteiger partial charge in [0.1, 0.15) is 0 Å². The molecule has 0 unspecified atom stereocenters.